The Bertz CT molecular complexity index is 1120. The third kappa shape index (κ3) is 5.42. The minimum atomic E-state index is -0.711. The van der Waals surface area contributed by atoms with Crippen LogP contribution in [0.4, 0.5) is 4.39 Å². The number of amides is 1. The first kappa shape index (κ1) is 23.2. The number of carbonyl (C=O) groups is 1. The van der Waals surface area contributed by atoms with Gasteiger partial charge in [-0.1, -0.05) is 24.5 Å². The number of unbranched alkanes of at least 4 members (excludes halogenated alkanes) is 1. The molecule has 1 atom stereocenters. The number of nitrogens with one attached hydrogen (secondary N) is 2. The second-order valence-corrected chi connectivity index (χ2v) is 8.15. The largest absolute Gasteiger partial charge is 0.342 e. The van der Waals surface area contributed by atoms with Gasteiger partial charge in [-0.3, -0.25) is 4.79 Å². The summed E-state index contributed by atoms with van der Waals surface area (Å²) in [5.74, 6) is 3.16. The minimum Gasteiger partial charge on any atom is -0.342 e. The Balaban J connectivity index is 1.89. The number of para-hydroxylation sites is 2. The second-order valence-electron chi connectivity index (χ2n) is 8.15. The van der Waals surface area contributed by atoms with Crippen molar-refractivity contribution in [1.29, 1.82) is 5.41 Å². The first-order chi connectivity index (χ1) is 15.4. The lowest BCUT2D eigenvalue weighted by Gasteiger charge is -2.22. The number of hydrogen-bond donors (Lipinski definition) is 2. The van der Waals surface area contributed by atoms with E-state index in [1.807, 2.05) is 24.3 Å². The fraction of sp³-hybridized carbons (Fsp3) is 0.346. The second kappa shape index (κ2) is 10.7. The minimum absolute atomic E-state index is 0.105. The van der Waals surface area contributed by atoms with E-state index in [9.17, 15) is 9.18 Å². The van der Waals surface area contributed by atoms with Crippen molar-refractivity contribution in [1.82, 2.24) is 14.9 Å². The van der Waals surface area contributed by atoms with Gasteiger partial charge in [-0.2, -0.15) is 0 Å². The van der Waals surface area contributed by atoms with Gasteiger partial charge in [0.25, 0.3) is 5.91 Å². The smallest absolute Gasteiger partial charge is 0.251 e. The van der Waals surface area contributed by atoms with E-state index in [0.717, 1.165) is 28.8 Å². The number of benzene rings is 2. The Hall–Kier alpha value is -3.46. The molecule has 0 radical (unpaired) electrons. The molecule has 3 aromatic rings. The van der Waals surface area contributed by atoms with Gasteiger partial charge in [-0.05, 0) is 69.5 Å². The molecule has 32 heavy (non-hydrogen) atoms. The highest BCUT2D eigenvalue weighted by Crippen LogP contribution is 2.28. The Morgan fingerprint density at radius 1 is 1.19 bits per heavy atom. The maximum atomic E-state index is 13.0. The number of carbonyl (C=O) groups excluding carboxylic acids is 1. The average Bonchev–Trinajstić information content (AvgIpc) is 3.20. The van der Waals surface area contributed by atoms with Gasteiger partial charge in [0.05, 0.1) is 17.1 Å². The fourth-order valence-electron chi connectivity index (χ4n) is 3.83. The third-order valence-electron chi connectivity index (χ3n) is 5.45. The highest BCUT2D eigenvalue weighted by Gasteiger charge is 2.23. The number of halogens is 1. The predicted octanol–water partition coefficient (Wildman–Crippen LogP) is 5.62. The number of nitrogens with zero attached hydrogens (tertiary/aromatic N) is 2. The van der Waals surface area contributed by atoms with E-state index >= 15 is 0 Å². The van der Waals surface area contributed by atoms with Gasteiger partial charge in [0.1, 0.15) is 12.5 Å². The van der Waals surface area contributed by atoms with Crippen LogP contribution < -0.4 is 5.32 Å². The van der Waals surface area contributed by atoms with Crippen molar-refractivity contribution in [3.05, 3.63) is 65.5 Å². The Kier molecular flexibility index (Phi) is 7.77. The molecule has 5 nitrogen and oxygen atoms in total. The quantitative estimate of drug-likeness (QED) is 0.248. The summed E-state index contributed by atoms with van der Waals surface area (Å²) in [7, 11) is 0. The molecule has 2 aromatic carbocycles. The average molecular weight is 433 g/mol. The normalized spacial score (nSPS) is 12.0. The number of fused-ring (bicyclic) bond motifs is 1. The van der Waals surface area contributed by atoms with Crippen molar-refractivity contribution in [3.63, 3.8) is 0 Å². The highest BCUT2D eigenvalue weighted by molar-refractivity contribution is 5.94. The van der Waals surface area contributed by atoms with E-state index in [1.165, 1.54) is 0 Å². The van der Waals surface area contributed by atoms with Crippen molar-refractivity contribution in [2.75, 3.05) is 6.67 Å². The number of imidazole rings is 1. The maximum Gasteiger partial charge on any atom is 0.251 e. The summed E-state index contributed by atoms with van der Waals surface area (Å²) in [5.41, 5.74) is 3.26. The lowest BCUT2D eigenvalue weighted by molar-refractivity contribution is 0.0931. The van der Waals surface area contributed by atoms with Gasteiger partial charge in [0.2, 0.25) is 0 Å². The van der Waals surface area contributed by atoms with Crippen LogP contribution in [0.15, 0.2) is 48.5 Å². The van der Waals surface area contributed by atoms with Crippen molar-refractivity contribution in [2.24, 2.45) is 0 Å². The van der Waals surface area contributed by atoms with Crippen molar-refractivity contribution in [2.45, 2.75) is 51.6 Å². The Labute approximate surface area is 188 Å². The summed E-state index contributed by atoms with van der Waals surface area (Å²) in [6.07, 6.45) is 7.91. The molecule has 1 amide bonds. The van der Waals surface area contributed by atoms with E-state index in [0.29, 0.717) is 24.8 Å². The number of terminal acetylenes is 1. The number of rotatable bonds is 10. The monoisotopic (exact) mass is 432 g/mol. The summed E-state index contributed by atoms with van der Waals surface area (Å²) in [4.78, 5) is 17.9. The molecule has 6 heteroatoms. The van der Waals surface area contributed by atoms with Crippen LogP contribution in [0.3, 0.4) is 0 Å². The highest BCUT2D eigenvalue weighted by atomic mass is 19.1. The van der Waals surface area contributed by atoms with E-state index in [4.69, 9.17) is 16.8 Å². The summed E-state index contributed by atoms with van der Waals surface area (Å²) in [5, 5.41) is 10.7. The van der Waals surface area contributed by atoms with E-state index in [1.54, 1.807) is 24.3 Å². The van der Waals surface area contributed by atoms with Gasteiger partial charge in [-0.15, -0.1) is 6.42 Å². The molecular weight excluding hydrogens is 403 g/mol. The molecule has 0 spiro atoms. The molecule has 1 aromatic heterocycles. The Morgan fingerprint density at radius 2 is 1.91 bits per heavy atom. The predicted molar refractivity (Wildman–Crippen MR) is 127 cm³/mol. The topological polar surface area (TPSA) is 70.8 Å². The molecule has 0 aliphatic heterocycles. The first-order valence-corrected chi connectivity index (χ1v) is 10.9. The van der Waals surface area contributed by atoms with Crippen LogP contribution in [0.2, 0.25) is 0 Å². The van der Waals surface area contributed by atoms with Crippen molar-refractivity contribution >= 4 is 22.7 Å². The zero-order valence-electron chi connectivity index (χ0n) is 18.6. The molecule has 0 unspecified atom stereocenters. The molecular formula is C26H29FN4O. The van der Waals surface area contributed by atoms with Crippen LogP contribution in [0, 0.1) is 17.8 Å². The van der Waals surface area contributed by atoms with Gasteiger partial charge in [0, 0.05) is 22.9 Å². The third-order valence-corrected chi connectivity index (χ3v) is 5.45. The maximum absolute atomic E-state index is 13.0. The molecule has 0 fully saturated rings. The molecule has 3 rings (SSSR count). The van der Waals surface area contributed by atoms with Crippen molar-refractivity contribution < 1.29 is 9.18 Å². The van der Waals surface area contributed by atoms with Crippen molar-refractivity contribution in [3.8, 4) is 12.3 Å². The van der Waals surface area contributed by atoms with E-state index in [2.05, 4.69) is 29.7 Å². The number of hydrogen-bond acceptors (Lipinski definition) is 3. The molecule has 0 aliphatic carbocycles. The zero-order valence-corrected chi connectivity index (χ0v) is 18.6. The SMILES string of the molecule is C#Cc1ccc(C(=O)N[C@@H](CCCCC(=N)CF)c2nc3ccccc3n2C(C)C)cc1. The summed E-state index contributed by atoms with van der Waals surface area (Å²) in [6.45, 7) is 3.48. The van der Waals surface area contributed by atoms with Gasteiger partial charge in [0.15, 0.2) is 0 Å². The van der Waals surface area contributed by atoms with Crippen LogP contribution in [0.5, 0.6) is 0 Å². The van der Waals surface area contributed by atoms with Crippen LogP contribution in [0.1, 0.15) is 73.4 Å². The van der Waals surface area contributed by atoms with E-state index < -0.39 is 6.67 Å². The summed E-state index contributed by atoms with van der Waals surface area (Å²) >= 11 is 0. The van der Waals surface area contributed by atoms with E-state index in [-0.39, 0.29) is 23.7 Å². The standard InChI is InChI=1S/C26H29FN4O/c1-4-19-13-15-20(16-14-19)26(32)30-23(11-6-5-9-21(28)17-27)25-29-22-10-7-8-12-24(22)31(25)18(2)3/h1,7-8,10,12-16,18,23,28H,5-6,9,11,17H2,2-3H3,(H,30,32)/t23-/m0/s1. The number of alkyl halides is 1. The summed E-state index contributed by atoms with van der Waals surface area (Å²) < 4.78 is 14.8. The van der Waals surface area contributed by atoms with Crippen LogP contribution in [-0.2, 0) is 0 Å². The lowest BCUT2D eigenvalue weighted by Crippen LogP contribution is -2.31. The number of aromatic nitrogens is 2. The zero-order chi connectivity index (χ0) is 23.1. The molecule has 166 valence electrons. The van der Waals surface area contributed by atoms with Gasteiger partial charge in [-0.25, -0.2) is 9.37 Å². The molecule has 2 N–H and O–H groups in total. The molecule has 0 saturated carbocycles. The molecule has 0 aliphatic rings. The molecule has 1 heterocycles. The molecule has 0 saturated heterocycles. The lowest BCUT2D eigenvalue weighted by atomic mass is 10.0. The van der Waals surface area contributed by atoms with Gasteiger partial charge < -0.3 is 15.3 Å². The summed E-state index contributed by atoms with van der Waals surface area (Å²) in [6, 6.07) is 14.7. The Morgan fingerprint density at radius 3 is 2.56 bits per heavy atom. The van der Waals surface area contributed by atoms with Crippen LogP contribution in [-0.4, -0.2) is 27.8 Å². The first-order valence-electron chi connectivity index (χ1n) is 10.9. The van der Waals surface area contributed by atoms with Crippen LogP contribution >= 0.6 is 0 Å². The molecule has 0 bridgehead atoms. The van der Waals surface area contributed by atoms with Crippen LogP contribution in [0.25, 0.3) is 11.0 Å². The fourth-order valence-corrected chi connectivity index (χ4v) is 3.83. The van der Waals surface area contributed by atoms with Gasteiger partial charge >= 0.3 is 0 Å².